The first-order chi connectivity index (χ1) is 13.5. The number of anilines is 1. The molecule has 1 heterocycles. The fourth-order valence-corrected chi connectivity index (χ4v) is 2.57. The number of benzene rings is 2. The molecule has 1 N–H and O–H groups in total. The molecule has 0 aliphatic rings. The quantitative estimate of drug-likeness (QED) is 0.682. The fourth-order valence-electron chi connectivity index (χ4n) is 2.57. The largest absolute Gasteiger partial charge is 0.484 e. The van der Waals surface area contributed by atoms with E-state index in [9.17, 15) is 9.59 Å². The summed E-state index contributed by atoms with van der Waals surface area (Å²) in [5.41, 5.74) is 2.47. The molecule has 0 unspecified atom stereocenters. The van der Waals surface area contributed by atoms with Crippen molar-refractivity contribution in [1.82, 2.24) is 5.32 Å². The number of nitrogens with one attached hydrogen (secondary N) is 1. The summed E-state index contributed by atoms with van der Waals surface area (Å²) in [6.07, 6.45) is 1.56. The number of nitrogens with zero attached hydrogens (tertiary/aromatic N) is 1. The van der Waals surface area contributed by atoms with Crippen molar-refractivity contribution >= 4 is 17.5 Å². The molecular formula is C22H22N2O4. The molecule has 3 aromatic rings. The van der Waals surface area contributed by atoms with E-state index in [4.69, 9.17) is 9.15 Å². The van der Waals surface area contributed by atoms with Crippen molar-refractivity contribution in [2.24, 2.45) is 0 Å². The average Bonchev–Trinajstić information content (AvgIpc) is 3.24. The smallest absolute Gasteiger partial charge is 0.258 e. The molecule has 28 heavy (non-hydrogen) atoms. The minimum Gasteiger partial charge on any atom is -0.484 e. The van der Waals surface area contributed by atoms with Gasteiger partial charge in [-0.2, -0.15) is 0 Å². The van der Waals surface area contributed by atoms with Gasteiger partial charge in [-0.15, -0.1) is 0 Å². The van der Waals surface area contributed by atoms with Crippen molar-refractivity contribution in [2.75, 3.05) is 18.6 Å². The highest BCUT2D eigenvalue weighted by Gasteiger charge is 2.13. The highest BCUT2D eigenvalue weighted by molar-refractivity contribution is 6.05. The van der Waals surface area contributed by atoms with Gasteiger partial charge in [-0.1, -0.05) is 17.7 Å². The number of carbonyl (C=O) groups is 2. The SMILES string of the molecule is Cc1ccc(C(=O)N(C)c2ccc(OCC(=O)NCc3ccco3)cc2)cc1. The van der Waals surface area contributed by atoms with E-state index in [0.29, 0.717) is 23.6 Å². The van der Waals surface area contributed by atoms with E-state index >= 15 is 0 Å². The van der Waals surface area contributed by atoms with Gasteiger partial charge in [-0.3, -0.25) is 9.59 Å². The van der Waals surface area contributed by atoms with Gasteiger partial charge in [0.15, 0.2) is 6.61 Å². The molecule has 6 heteroatoms. The highest BCUT2D eigenvalue weighted by atomic mass is 16.5. The monoisotopic (exact) mass is 378 g/mol. The topological polar surface area (TPSA) is 71.8 Å². The Morgan fingerprint density at radius 3 is 2.39 bits per heavy atom. The Balaban J connectivity index is 1.51. The van der Waals surface area contributed by atoms with Crippen LogP contribution in [0.25, 0.3) is 0 Å². The van der Waals surface area contributed by atoms with Gasteiger partial charge in [0.05, 0.1) is 12.8 Å². The van der Waals surface area contributed by atoms with Crippen LogP contribution >= 0.6 is 0 Å². The van der Waals surface area contributed by atoms with Crippen molar-refractivity contribution < 1.29 is 18.7 Å². The average molecular weight is 378 g/mol. The first kappa shape index (κ1) is 19.2. The second kappa shape index (κ2) is 8.90. The van der Waals surface area contributed by atoms with E-state index < -0.39 is 0 Å². The Labute approximate surface area is 163 Å². The van der Waals surface area contributed by atoms with Gasteiger partial charge in [-0.05, 0) is 55.5 Å². The lowest BCUT2D eigenvalue weighted by atomic mass is 10.1. The third-order valence-electron chi connectivity index (χ3n) is 4.24. The molecule has 6 nitrogen and oxygen atoms in total. The molecule has 0 atom stereocenters. The second-order valence-electron chi connectivity index (χ2n) is 6.37. The van der Waals surface area contributed by atoms with Gasteiger partial charge in [0.2, 0.25) is 0 Å². The molecule has 3 rings (SSSR count). The van der Waals surface area contributed by atoms with Gasteiger partial charge in [0, 0.05) is 18.3 Å². The zero-order valence-corrected chi connectivity index (χ0v) is 15.8. The molecule has 0 fully saturated rings. The maximum absolute atomic E-state index is 12.6. The highest BCUT2D eigenvalue weighted by Crippen LogP contribution is 2.20. The maximum Gasteiger partial charge on any atom is 0.258 e. The Kier molecular flexibility index (Phi) is 6.11. The first-order valence-electron chi connectivity index (χ1n) is 8.89. The molecular weight excluding hydrogens is 356 g/mol. The van der Waals surface area contributed by atoms with Gasteiger partial charge in [-0.25, -0.2) is 0 Å². The molecule has 2 aromatic carbocycles. The van der Waals surface area contributed by atoms with Crippen molar-refractivity contribution in [3.63, 3.8) is 0 Å². The summed E-state index contributed by atoms with van der Waals surface area (Å²) < 4.78 is 10.6. The number of amides is 2. The zero-order chi connectivity index (χ0) is 19.9. The lowest BCUT2D eigenvalue weighted by Crippen LogP contribution is -2.28. The van der Waals surface area contributed by atoms with Gasteiger partial charge < -0.3 is 19.4 Å². The van der Waals surface area contributed by atoms with Crippen LogP contribution in [0.2, 0.25) is 0 Å². The summed E-state index contributed by atoms with van der Waals surface area (Å²) in [5, 5.41) is 2.71. The summed E-state index contributed by atoms with van der Waals surface area (Å²) in [6, 6.07) is 18.0. The number of carbonyl (C=O) groups excluding carboxylic acids is 2. The summed E-state index contributed by atoms with van der Waals surface area (Å²) in [7, 11) is 1.72. The number of hydrogen-bond acceptors (Lipinski definition) is 4. The molecule has 0 aliphatic heterocycles. The normalized spacial score (nSPS) is 10.4. The Morgan fingerprint density at radius 2 is 1.75 bits per heavy atom. The van der Waals surface area contributed by atoms with E-state index in [1.54, 1.807) is 54.6 Å². The molecule has 0 saturated carbocycles. The number of hydrogen-bond donors (Lipinski definition) is 1. The van der Waals surface area contributed by atoms with Crippen molar-refractivity contribution in [1.29, 1.82) is 0 Å². The summed E-state index contributed by atoms with van der Waals surface area (Å²) in [4.78, 5) is 26.0. The molecule has 0 bridgehead atoms. The zero-order valence-electron chi connectivity index (χ0n) is 15.8. The Bertz CT molecular complexity index is 916. The van der Waals surface area contributed by atoms with Crippen LogP contribution in [0.5, 0.6) is 5.75 Å². The fraction of sp³-hybridized carbons (Fsp3) is 0.182. The van der Waals surface area contributed by atoms with Crippen LogP contribution in [-0.2, 0) is 11.3 Å². The van der Waals surface area contributed by atoms with E-state index in [0.717, 1.165) is 11.3 Å². The van der Waals surface area contributed by atoms with Crippen LogP contribution in [0.4, 0.5) is 5.69 Å². The lowest BCUT2D eigenvalue weighted by molar-refractivity contribution is -0.123. The Morgan fingerprint density at radius 1 is 1.04 bits per heavy atom. The number of rotatable bonds is 7. The van der Waals surface area contributed by atoms with Crippen LogP contribution in [0, 0.1) is 6.92 Å². The van der Waals surface area contributed by atoms with Crippen LogP contribution < -0.4 is 15.0 Å². The van der Waals surface area contributed by atoms with E-state index in [-0.39, 0.29) is 18.4 Å². The molecule has 0 radical (unpaired) electrons. The summed E-state index contributed by atoms with van der Waals surface area (Å²) >= 11 is 0. The van der Waals surface area contributed by atoms with Gasteiger partial charge >= 0.3 is 0 Å². The number of furan rings is 1. The summed E-state index contributed by atoms with van der Waals surface area (Å²) in [5.74, 6) is 0.894. The van der Waals surface area contributed by atoms with Gasteiger partial charge in [0.25, 0.3) is 11.8 Å². The Hall–Kier alpha value is -3.54. The molecule has 1 aromatic heterocycles. The van der Waals surface area contributed by atoms with E-state index in [1.165, 1.54) is 0 Å². The third kappa shape index (κ3) is 5.01. The summed E-state index contributed by atoms with van der Waals surface area (Å²) in [6.45, 7) is 2.20. The van der Waals surface area contributed by atoms with Crippen LogP contribution in [-0.4, -0.2) is 25.5 Å². The predicted molar refractivity (Wildman–Crippen MR) is 106 cm³/mol. The van der Waals surface area contributed by atoms with Crippen LogP contribution in [0.1, 0.15) is 21.7 Å². The number of aryl methyl sites for hydroxylation is 1. The minimum atomic E-state index is -0.243. The number of ether oxygens (including phenoxy) is 1. The molecule has 2 amide bonds. The van der Waals surface area contributed by atoms with Gasteiger partial charge in [0.1, 0.15) is 11.5 Å². The second-order valence-corrected chi connectivity index (χ2v) is 6.37. The van der Waals surface area contributed by atoms with Crippen LogP contribution in [0.3, 0.4) is 0 Å². The third-order valence-corrected chi connectivity index (χ3v) is 4.24. The minimum absolute atomic E-state index is 0.0917. The maximum atomic E-state index is 12.6. The van der Waals surface area contributed by atoms with Crippen LogP contribution in [0.15, 0.2) is 71.3 Å². The molecule has 144 valence electrons. The molecule has 0 aliphatic carbocycles. The van der Waals surface area contributed by atoms with E-state index in [2.05, 4.69) is 5.32 Å². The standard InChI is InChI=1S/C22H22N2O4/c1-16-5-7-17(8-6-16)22(26)24(2)18-9-11-19(12-10-18)28-15-21(25)23-14-20-4-3-13-27-20/h3-13H,14-15H2,1-2H3,(H,23,25). The molecule has 0 spiro atoms. The first-order valence-corrected chi connectivity index (χ1v) is 8.89. The molecule has 0 saturated heterocycles. The predicted octanol–water partition coefficient (Wildman–Crippen LogP) is 3.56. The lowest BCUT2D eigenvalue weighted by Gasteiger charge is -2.18. The van der Waals surface area contributed by atoms with Crippen molar-refractivity contribution in [3.05, 3.63) is 83.8 Å². The van der Waals surface area contributed by atoms with E-state index in [1.807, 2.05) is 31.2 Å². The van der Waals surface area contributed by atoms with Crippen molar-refractivity contribution in [3.8, 4) is 5.75 Å². The van der Waals surface area contributed by atoms with Crippen molar-refractivity contribution in [2.45, 2.75) is 13.5 Å².